The quantitative estimate of drug-likeness (QED) is 0.810. The van der Waals surface area contributed by atoms with Gasteiger partial charge in [-0.15, -0.1) is 5.10 Å². The molecule has 0 saturated carbocycles. The van der Waals surface area contributed by atoms with Gasteiger partial charge in [0.15, 0.2) is 0 Å². The number of aromatic nitrogens is 3. The number of allylic oxidation sites excluding steroid dienone is 8. The minimum Gasteiger partial charge on any atom is -0.236 e. The summed E-state index contributed by atoms with van der Waals surface area (Å²) in [6.07, 6.45) is 16.8. The minimum absolute atomic E-state index is 0.161. The normalized spacial score (nSPS) is 16.0. The van der Waals surface area contributed by atoms with E-state index in [1.165, 1.54) is 0 Å². The highest BCUT2D eigenvalue weighted by Gasteiger charge is 2.19. The molecule has 0 fully saturated rings. The van der Waals surface area contributed by atoms with E-state index >= 15 is 0 Å². The van der Waals surface area contributed by atoms with Crippen LogP contribution in [-0.4, -0.2) is 15.0 Å². The predicted octanol–water partition coefficient (Wildman–Crippen LogP) is 3.63. The van der Waals surface area contributed by atoms with Gasteiger partial charge in [-0.05, 0) is 18.1 Å². The summed E-state index contributed by atoms with van der Waals surface area (Å²) < 4.78 is 1.93. The lowest BCUT2D eigenvalue weighted by Gasteiger charge is -2.07. The zero-order chi connectivity index (χ0) is 16.2. The molecule has 2 aliphatic carbocycles. The Bertz CT molecular complexity index is 878. The SMILES string of the molecule is C(#Cc1c(C2C=CC=C2)nnn1CC1C=CC=C1)c1ccccc1. The van der Waals surface area contributed by atoms with Crippen molar-refractivity contribution in [1.82, 2.24) is 15.0 Å². The second kappa shape index (κ2) is 6.55. The summed E-state index contributed by atoms with van der Waals surface area (Å²) in [4.78, 5) is 0. The third-order valence-corrected chi connectivity index (χ3v) is 4.14. The van der Waals surface area contributed by atoms with E-state index in [9.17, 15) is 0 Å². The predicted molar refractivity (Wildman–Crippen MR) is 95.2 cm³/mol. The Morgan fingerprint density at radius 1 is 0.875 bits per heavy atom. The van der Waals surface area contributed by atoms with Gasteiger partial charge < -0.3 is 0 Å². The third kappa shape index (κ3) is 3.00. The first-order chi connectivity index (χ1) is 11.9. The van der Waals surface area contributed by atoms with E-state index in [-0.39, 0.29) is 5.92 Å². The van der Waals surface area contributed by atoms with Crippen molar-refractivity contribution in [1.29, 1.82) is 0 Å². The van der Waals surface area contributed by atoms with Gasteiger partial charge in [-0.3, -0.25) is 0 Å². The van der Waals surface area contributed by atoms with Gasteiger partial charge in [-0.2, -0.15) is 0 Å². The standard InChI is InChI=1S/C21H17N3/c1-2-8-17(9-3-1)14-15-20-21(19-12-6-7-13-19)22-23-24(20)16-18-10-4-5-11-18/h1-13,18-19H,16H2. The maximum absolute atomic E-state index is 4.41. The summed E-state index contributed by atoms with van der Waals surface area (Å²) in [6, 6.07) is 10.0. The highest BCUT2D eigenvalue weighted by molar-refractivity contribution is 5.45. The Hall–Kier alpha value is -3.12. The van der Waals surface area contributed by atoms with E-state index < -0.39 is 0 Å². The molecular weight excluding hydrogens is 294 g/mol. The molecule has 2 aromatic rings. The van der Waals surface area contributed by atoms with Crippen molar-refractivity contribution < 1.29 is 0 Å². The van der Waals surface area contributed by atoms with Crippen molar-refractivity contribution >= 4 is 0 Å². The van der Waals surface area contributed by atoms with Crippen LogP contribution in [0.3, 0.4) is 0 Å². The average Bonchev–Trinajstić information content (AvgIpc) is 3.36. The number of hydrogen-bond donors (Lipinski definition) is 0. The number of nitrogens with zero attached hydrogens (tertiary/aromatic N) is 3. The molecule has 24 heavy (non-hydrogen) atoms. The lowest BCUT2D eigenvalue weighted by atomic mass is 10.1. The van der Waals surface area contributed by atoms with Gasteiger partial charge in [-0.1, -0.05) is 77.9 Å². The smallest absolute Gasteiger partial charge is 0.136 e. The minimum atomic E-state index is 0.161. The second-order valence-electron chi connectivity index (χ2n) is 5.85. The van der Waals surface area contributed by atoms with Gasteiger partial charge in [0.2, 0.25) is 0 Å². The maximum Gasteiger partial charge on any atom is 0.136 e. The average molecular weight is 311 g/mol. The first kappa shape index (κ1) is 14.5. The van der Waals surface area contributed by atoms with Crippen molar-refractivity contribution in [3.05, 3.63) is 95.9 Å². The van der Waals surface area contributed by atoms with Crippen molar-refractivity contribution in [2.45, 2.75) is 12.5 Å². The van der Waals surface area contributed by atoms with Crippen LogP contribution >= 0.6 is 0 Å². The van der Waals surface area contributed by atoms with Gasteiger partial charge in [0.1, 0.15) is 11.4 Å². The van der Waals surface area contributed by atoms with E-state index in [0.717, 1.165) is 23.5 Å². The molecule has 116 valence electrons. The van der Waals surface area contributed by atoms with Gasteiger partial charge in [0.05, 0.1) is 6.54 Å². The molecule has 0 aliphatic heterocycles. The van der Waals surface area contributed by atoms with Crippen molar-refractivity contribution in [3.8, 4) is 11.8 Å². The van der Waals surface area contributed by atoms with Crippen LogP contribution in [0.2, 0.25) is 0 Å². The molecule has 0 N–H and O–H groups in total. The van der Waals surface area contributed by atoms with E-state index in [1.54, 1.807) is 0 Å². The second-order valence-corrected chi connectivity index (χ2v) is 5.85. The Morgan fingerprint density at radius 2 is 1.58 bits per heavy atom. The molecule has 0 radical (unpaired) electrons. The van der Waals surface area contributed by atoms with E-state index in [0.29, 0.717) is 5.92 Å². The molecule has 4 rings (SSSR count). The van der Waals surface area contributed by atoms with E-state index in [1.807, 2.05) is 47.2 Å². The Labute approximate surface area is 141 Å². The van der Waals surface area contributed by atoms with Crippen LogP contribution in [0.15, 0.2) is 78.9 Å². The highest BCUT2D eigenvalue weighted by Crippen LogP contribution is 2.24. The lowest BCUT2D eigenvalue weighted by Crippen LogP contribution is -2.10. The molecule has 1 aromatic heterocycles. The van der Waals surface area contributed by atoms with Crippen LogP contribution in [-0.2, 0) is 6.54 Å². The Kier molecular flexibility index (Phi) is 3.95. The molecule has 3 heteroatoms. The number of hydrogen-bond acceptors (Lipinski definition) is 2. The maximum atomic E-state index is 4.41. The number of rotatable bonds is 3. The molecule has 0 spiro atoms. The molecule has 0 atom stereocenters. The summed E-state index contributed by atoms with van der Waals surface area (Å²) in [5, 5.41) is 8.78. The van der Waals surface area contributed by atoms with Crippen LogP contribution < -0.4 is 0 Å². The highest BCUT2D eigenvalue weighted by atomic mass is 15.4. The van der Waals surface area contributed by atoms with E-state index in [2.05, 4.69) is 58.6 Å². The zero-order valence-electron chi connectivity index (χ0n) is 13.2. The first-order valence-electron chi connectivity index (χ1n) is 8.10. The zero-order valence-corrected chi connectivity index (χ0v) is 13.2. The molecule has 0 bridgehead atoms. The fourth-order valence-corrected chi connectivity index (χ4v) is 2.87. The molecule has 2 aliphatic rings. The first-order valence-corrected chi connectivity index (χ1v) is 8.10. The molecule has 0 unspecified atom stereocenters. The lowest BCUT2D eigenvalue weighted by molar-refractivity contribution is 0.535. The van der Waals surface area contributed by atoms with Crippen molar-refractivity contribution in [2.24, 2.45) is 5.92 Å². The van der Waals surface area contributed by atoms with E-state index in [4.69, 9.17) is 0 Å². The van der Waals surface area contributed by atoms with Crippen LogP contribution in [0.4, 0.5) is 0 Å². The van der Waals surface area contributed by atoms with Crippen LogP contribution in [0.5, 0.6) is 0 Å². The Morgan fingerprint density at radius 3 is 2.33 bits per heavy atom. The number of benzene rings is 1. The fraction of sp³-hybridized carbons (Fsp3) is 0.143. The molecule has 0 saturated heterocycles. The third-order valence-electron chi connectivity index (χ3n) is 4.14. The van der Waals surface area contributed by atoms with Crippen LogP contribution in [0.25, 0.3) is 0 Å². The van der Waals surface area contributed by atoms with Gasteiger partial charge >= 0.3 is 0 Å². The Balaban J connectivity index is 1.70. The fourth-order valence-electron chi connectivity index (χ4n) is 2.87. The topological polar surface area (TPSA) is 30.7 Å². The largest absolute Gasteiger partial charge is 0.236 e. The summed E-state index contributed by atoms with van der Waals surface area (Å²) in [6.45, 7) is 0.763. The van der Waals surface area contributed by atoms with Crippen molar-refractivity contribution in [3.63, 3.8) is 0 Å². The summed E-state index contributed by atoms with van der Waals surface area (Å²) in [7, 11) is 0. The van der Waals surface area contributed by atoms with Crippen molar-refractivity contribution in [2.75, 3.05) is 0 Å². The summed E-state index contributed by atoms with van der Waals surface area (Å²) in [5.41, 5.74) is 2.82. The van der Waals surface area contributed by atoms with Gasteiger partial charge in [-0.25, -0.2) is 4.68 Å². The van der Waals surface area contributed by atoms with Gasteiger partial charge in [0.25, 0.3) is 0 Å². The van der Waals surface area contributed by atoms with Crippen LogP contribution in [0.1, 0.15) is 22.9 Å². The van der Waals surface area contributed by atoms with Gasteiger partial charge in [0, 0.05) is 17.4 Å². The summed E-state index contributed by atoms with van der Waals surface area (Å²) >= 11 is 0. The monoisotopic (exact) mass is 311 g/mol. The van der Waals surface area contributed by atoms with Crippen LogP contribution in [0, 0.1) is 17.8 Å². The molecular formula is C21H17N3. The molecule has 3 nitrogen and oxygen atoms in total. The molecule has 1 heterocycles. The summed E-state index contributed by atoms with van der Waals surface area (Å²) in [5.74, 6) is 7.06. The molecule has 1 aromatic carbocycles. The molecule has 0 amide bonds.